The van der Waals surface area contributed by atoms with Gasteiger partial charge in [-0.05, 0) is 24.6 Å². The Balaban J connectivity index is 2.86. The van der Waals surface area contributed by atoms with Crippen molar-refractivity contribution in [3.8, 4) is 0 Å². The third-order valence-corrected chi connectivity index (χ3v) is 2.60. The molecular weight excluding hydrogens is 258 g/mol. The molecule has 0 fully saturated rings. The summed E-state index contributed by atoms with van der Waals surface area (Å²) < 4.78 is 0. The second kappa shape index (κ2) is 6.32. The largest absolute Gasteiger partial charge is 0.330 e. The Morgan fingerprint density at radius 2 is 2.28 bits per heavy atom. The van der Waals surface area contributed by atoms with Crippen molar-refractivity contribution in [2.75, 3.05) is 11.9 Å². The van der Waals surface area contributed by atoms with Crippen molar-refractivity contribution in [2.45, 2.75) is 13.3 Å². The van der Waals surface area contributed by atoms with Crippen LogP contribution in [0.2, 0.25) is 5.02 Å². The number of carbonyl (C=O) groups excluding carboxylic acids is 1. The average Bonchev–Trinajstić information content (AvgIpc) is 2.28. The van der Waals surface area contributed by atoms with E-state index in [1.54, 1.807) is 0 Å². The van der Waals surface area contributed by atoms with Gasteiger partial charge in [0.05, 0.1) is 4.92 Å². The van der Waals surface area contributed by atoms with E-state index in [1.807, 2.05) is 6.92 Å². The number of anilines is 1. The van der Waals surface area contributed by atoms with E-state index < -0.39 is 4.92 Å². The van der Waals surface area contributed by atoms with Gasteiger partial charge in [0.15, 0.2) is 0 Å². The summed E-state index contributed by atoms with van der Waals surface area (Å²) in [4.78, 5) is 21.8. The van der Waals surface area contributed by atoms with Gasteiger partial charge in [-0.2, -0.15) is 0 Å². The van der Waals surface area contributed by atoms with Gasteiger partial charge in [0.25, 0.3) is 5.69 Å². The lowest BCUT2D eigenvalue weighted by molar-refractivity contribution is -0.383. The van der Waals surface area contributed by atoms with Gasteiger partial charge in [0, 0.05) is 17.5 Å². The lowest BCUT2D eigenvalue weighted by Gasteiger charge is -2.09. The van der Waals surface area contributed by atoms with Crippen LogP contribution in [0.4, 0.5) is 11.4 Å². The molecule has 0 radical (unpaired) electrons. The lowest BCUT2D eigenvalue weighted by atomic mass is 10.1. The van der Waals surface area contributed by atoms with E-state index in [1.165, 1.54) is 18.2 Å². The van der Waals surface area contributed by atoms with E-state index in [0.29, 0.717) is 11.6 Å². The highest BCUT2D eigenvalue weighted by atomic mass is 35.5. The summed E-state index contributed by atoms with van der Waals surface area (Å²) in [6, 6.07) is 4.01. The molecule has 0 aromatic heterocycles. The number of benzene rings is 1. The fourth-order valence-electron chi connectivity index (χ4n) is 1.37. The van der Waals surface area contributed by atoms with Crippen molar-refractivity contribution in [1.82, 2.24) is 0 Å². The second-order valence-corrected chi connectivity index (χ2v) is 4.45. The maximum absolute atomic E-state index is 11.6. The van der Waals surface area contributed by atoms with Crippen molar-refractivity contribution < 1.29 is 9.72 Å². The van der Waals surface area contributed by atoms with Crippen LogP contribution in [0.3, 0.4) is 0 Å². The van der Waals surface area contributed by atoms with Crippen LogP contribution in [-0.4, -0.2) is 17.4 Å². The van der Waals surface area contributed by atoms with Gasteiger partial charge >= 0.3 is 0 Å². The summed E-state index contributed by atoms with van der Waals surface area (Å²) in [6.45, 7) is 2.21. The maximum Gasteiger partial charge on any atom is 0.292 e. The number of carbonyl (C=O) groups is 1. The number of hydrogen-bond acceptors (Lipinski definition) is 4. The molecule has 0 spiro atoms. The van der Waals surface area contributed by atoms with Crippen molar-refractivity contribution in [2.24, 2.45) is 11.7 Å². The van der Waals surface area contributed by atoms with Gasteiger partial charge in [0.1, 0.15) is 5.69 Å². The summed E-state index contributed by atoms with van der Waals surface area (Å²) in [5.41, 5.74) is 5.32. The molecule has 3 N–H and O–H groups in total. The molecule has 0 aliphatic rings. The molecule has 0 saturated carbocycles. The number of hydrogen-bond donors (Lipinski definition) is 2. The number of nitro benzene ring substituents is 1. The van der Waals surface area contributed by atoms with Crippen LogP contribution in [0.1, 0.15) is 13.3 Å². The van der Waals surface area contributed by atoms with Crippen LogP contribution < -0.4 is 11.1 Å². The minimum atomic E-state index is -0.571. The SMILES string of the molecule is CC(CN)CC(=O)Nc1cc(Cl)ccc1[N+](=O)[O-]. The number of nitro groups is 1. The molecule has 1 aromatic rings. The number of nitrogens with two attached hydrogens (primary N) is 1. The molecule has 7 heteroatoms. The summed E-state index contributed by atoms with van der Waals surface area (Å²) in [7, 11) is 0. The Morgan fingerprint density at radius 1 is 1.61 bits per heavy atom. The Labute approximate surface area is 109 Å². The van der Waals surface area contributed by atoms with Gasteiger partial charge < -0.3 is 11.1 Å². The number of amides is 1. The zero-order valence-electron chi connectivity index (χ0n) is 9.85. The summed E-state index contributed by atoms with van der Waals surface area (Å²) in [5.74, 6) is -0.304. The lowest BCUT2D eigenvalue weighted by Crippen LogP contribution is -2.20. The fourth-order valence-corrected chi connectivity index (χ4v) is 1.54. The second-order valence-electron chi connectivity index (χ2n) is 4.01. The topological polar surface area (TPSA) is 98.3 Å². The molecule has 1 unspecified atom stereocenters. The molecule has 0 aliphatic carbocycles. The highest BCUT2D eigenvalue weighted by molar-refractivity contribution is 6.31. The van der Waals surface area contributed by atoms with Gasteiger partial charge in [0.2, 0.25) is 5.91 Å². The van der Waals surface area contributed by atoms with Crippen LogP contribution in [-0.2, 0) is 4.79 Å². The molecule has 0 bridgehead atoms. The van der Waals surface area contributed by atoms with Crippen molar-refractivity contribution in [1.29, 1.82) is 0 Å². The van der Waals surface area contributed by atoms with Crippen LogP contribution in [0, 0.1) is 16.0 Å². The first-order valence-corrected chi connectivity index (χ1v) is 5.75. The first kappa shape index (κ1) is 14.4. The summed E-state index contributed by atoms with van der Waals surface area (Å²) in [6.07, 6.45) is 0.208. The maximum atomic E-state index is 11.6. The van der Waals surface area contributed by atoms with Crippen molar-refractivity contribution in [3.63, 3.8) is 0 Å². The fraction of sp³-hybridized carbons (Fsp3) is 0.364. The Bertz CT molecular complexity index is 465. The minimum Gasteiger partial charge on any atom is -0.330 e. The summed E-state index contributed by atoms with van der Waals surface area (Å²) in [5, 5.41) is 13.6. The molecule has 18 heavy (non-hydrogen) atoms. The predicted octanol–water partition coefficient (Wildman–Crippen LogP) is 2.17. The molecule has 6 nitrogen and oxygen atoms in total. The van der Waals surface area contributed by atoms with E-state index in [4.69, 9.17) is 17.3 Å². The highest BCUT2D eigenvalue weighted by Gasteiger charge is 2.17. The standard InChI is InChI=1S/C11H14ClN3O3/c1-7(6-13)4-11(16)14-9-5-8(12)2-3-10(9)15(17)18/h2-3,5,7H,4,6,13H2,1H3,(H,14,16). The van der Waals surface area contributed by atoms with Crippen molar-refractivity contribution in [3.05, 3.63) is 33.3 Å². The van der Waals surface area contributed by atoms with Gasteiger partial charge in [-0.1, -0.05) is 18.5 Å². The molecule has 0 heterocycles. The first-order valence-electron chi connectivity index (χ1n) is 5.38. The van der Waals surface area contributed by atoms with E-state index in [9.17, 15) is 14.9 Å². The van der Waals surface area contributed by atoms with E-state index >= 15 is 0 Å². The van der Waals surface area contributed by atoms with Gasteiger partial charge in [-0.15, -0.1) is 0 Å². The zero-order valence-corrected chi connectivity index (χ0v) is 10.6. The van der Waals surface area contributed by atoms with Crippen LogP contribution in [0.25, 0.3) is 0 Å². The van der Waals surface area contributed by atoms with Crippen LogP contribution in [0.15, 0.2) is 18.2 Å². The normalized spacial score (nSPS) is 11.9. The molecule has 1 amide bonds. The highest BCUT2D eigenvalue weighted by Crippen LogP contribution is 2.27. The van der Waals surface area contributed by atoms with Crippen LogP contribution in [0.5, 0.6) is 0 Å². The zero-order chi connectivity index (χ0) is 13.7. The molecule has 0 aliphatic heterocycles. The Morgan fingerprint density at radius 3 is 2.83 bits per heavy atom. The van der Waals surface area contributed by atoms with Gasteiger partial charge in [-0.25, -0.2) is 0 Å². The Kier molecular flexibility index (Phi) is 5.06. The molecular formula is C11H14ClN3O3. The van der Waals surface area contributed by atoms with E-state index in [-0.39, 0.29) is 29.6 Å². The molecule has 1 aromatic carbocycles. The third kappa shape index (κ3) is 3.97. The third-order valence-electron chi connectivity index (χ3n) is 2.37. The number of halogens is 1. The first-order chi connectivity index (χ1) is 8.43. The molecule has 98 valence electrons. The number of nitrogens with zero attached hydrogens (tertiary/aromatic N) is 1. The average molecular weight is 272 g/mol. The number of rotatable bonds is 5. The monoisotopic (exact) mass is 271 g/mol. The van der Waals surface area contributed by atoms with Crippen molar-refractivity contribution >= 4 is 28.9 Å². The molecule has 0 saturated heterocycles. The Hall–Kier alpha value is -1.66. The smallest absolute Gasteiger partial charge is 0.292 e. The number of nitrogens with one attached hydrogen (secondary N) is 1. The van der Waals surface area contributed by atoms with Gasteiger partial charge in [-0.3, -0.25) is 14.9 Å². The molecule has 1 atom stereocenters. The predicted molar refractivity (Wildman–Crippen MR) is 69.6 cm³/mol. The van der Waals surface area contributed by atoms with E-state index in [2.05, 4.69) is 5.32 Å². The van der Waals surface area contributed by atoms with Crippen LogP contribution >= 0.6 is 11.6 Å². The molecule has 1 rings (SSSR count). The summed E-state index contributed by atoms with van der Waals surface area (Å²) >= 11 is 5.74. The minimum absolute atomic E-state index is 0.0169. The quantitative estimate of drug-likeness (QED) is 0.633. The van der Waals surface area contributed by atoms with E-state index in [0.717, 1.165) is 0 Å².